The van der Waals surface area contributed by atoms with Crippen LogP contribution in [0.3, 0.4) is 0 Å². The van der Waals surface area contributed by atoms with Crippen molar-refractivity contribution >= 4 is 5.78 Å². The maximum Gasteiger partial charge on any atom is 0.178 e. The Morgan fingerprint density at radius 3 is 2.72 bits per heavy atom. The first-order chi connectivity index (χ1) is 8.47. The van der Waals surface area contributed by atoms with Crippen LogP contribution in [0.1, 0.15) is 28.2 Å². The van der Waals surface area contributed by atoms with Gasteiger partial charge in [0, 0.05) is 36.1 Å². The van der Waals surface area contributed by atoms with Gasteiger partial charge in [-0.05, 0) is 40.4 Å². The van der Waals surface area contributed by atoms with Gasteiger partial charge < -0.3 is 9.88 Å². The van der Waals surface area contributed by atoms with Crippen molar-refractivity contribution in [2.45, 2.75) is 26.3 Å². The minimum atomic E-state index is 0.233. The Labute approximate surface area is 109 Å². The first-order valence-electron chi connectivity index (χ1n) is 6.55. The van der Waals surface area contributed by atoms with Crippen LogP contribution in [0.2, 0.25) is 0 Å². The SMILES string of the molecule is Cc1cc(C(=O)CN2CCC(N(C)C)C2)c(C)[nH]1. The highest BCUT2D eigenvalue weighted by Gasteiger charge is 2.26. The summed E-state index contributed by atoms with van der Waals surface area (Å²) < 4.78 is 0. The van der Waals surface area contributed by atoms with Crippen LogP contribution in [0, 0.1) is 13.8 Å². The molecule has 0 aliphatic carbocycles. The molecule has 100 valence electrons. The van der Waals surface area contributed by atoms with Crippen molar-refractivity contribution in [1.29, 1.82) is 0 Å². The zero-order valence-corrected chi connectivity index (χ0v) is 11.8. The summed E-state index contributed by atoms with van der Waals surface area (Å²) in [5.41, 5.74) is 2.89. The topological polar surface area (TPSA) is 39.3 Å². The highest BCUT2D eigenvalue weighted by atomic mass is 16.1. The second kappa shape index (κ2) is 5.24. The van der Waals surface area contributed by atoms with Gasteiger partial charge in [-0.15, -0.1) is 0 Å². The summed E-state index contributed by atoms with van der Waals surface area (Å²) in [5.74, 6) is 0.233. The van der Waals surface area contributed by atoms with Crippen LogP contribution in [0.15, 0.2) is 6.07 Å². The molecule has 0 saturated carbocycles. The third-order valence-electron chi connectivity index (χ3n) is 3.79. The third kappa shape index (κ3) is 2.82. The molecule has 4 heteroatoms. The average Bonchev–Trinajstić information content (AvgIpc) is 2.85. The van der Waals surface area contributed by atoms with E-state index >= 15 is 0 Å². The second-order valence-electron chi connectivity index (χ2n) is 5.56. The first kappa shape index (κ1) is 13.3. The lowest BCUT2D eigenvalue weighted by Gasteiger charge is -2.19. The minimum Gasteiger partial charge on any atom is -0.362 e. The molecule has 18 heavy (non-hydrogen) atoms. The van der Waals surface area contributed by atoms with Gasteiger partial charge >= 0.3 is 0 Å². The standard InChI is InChI=1S/C14H23N3O/c1-10-7-13(11(2)15-10)14(18)9-17-6-5-12(8-17)16(3)4/h7,12,15H,5-6,8-9H2,1-4H3. The summed E-state index contributed by atoms with van der Waals surface area (Å²) in [6.07, 6.45) is 1.16. The van der Waals surface area contributed by atoms with Crippen LogP contribution in [-0.2, 0) is 0 Å². The van der Waals surface area contributed by atoms with Crippen LogP contribution < -0.4 is 0 Å². The number of aromatic nitrogens is 1. The molecule has 0 radical (unpaired) electrons. The van der Waals surface area contributed by atoms with Gasteiger partial charge in [-0.3, -0.25) is 9.69 Å². The summed E-state index contributed by atoms with van der Waals surface area (Å²) in [4.78, 5) is 19.9. The number of hydrogen-bond donors (Lipinski definition) is 1. The largest absolute Gasteiger partial charge is 0.362 e. The number of Topliss-reactive ketones (excluding diaryl/α,β-unsaturated/α-hetero) is 1. The predicted molar refractivity (Wildman–Crippen MR) is 73.1 cm³/mol. The number of aromatic amines is 1. The summed E-state index contributed by atoms with van der Waals surface area (Å²) >= 11 is 0. The molecule has 2 rings (SSSR count). The highest BCUT2D eigenvalue weighted by molar-refractivity contribution is 5.98. The molecule has 1 aromatic rings. The lowest BCUT2D eigenvalue weighted by molar-refractivity contribution is 0.0941. The Morgan fingerprint density at radius 2 is 2.22 bits per heavy atom. The Balaban J connectivity index is 1.95. The molecular formula is C14H23N3O. The van der Waals surface area contributed by atoms with E-state index in [-0.39, 0.29) is 5.78 Å². The van der Waals surface area contributed by atoms with E-state index < -0.39 is 0 Å². The number of carbonyl (C=O) groups excluding carboxylic acids is 1. The van der Waals surface area contributed by atoms with Crippen molar-refractivity contribution in [2.75, 3.05) is 33.7 Å². The lowest BCUT2D eigenvalue weighted by Crippen LogP contribution is -2.33. The number of hydrogen-bond acceptors (Lipinski definition) is 3. The molecule has 0 spiro atoms. The molecule has 0 bridgehead atoms. The van der Waals surface area contributed by atoms with Crippen molar-refractivity contribution in [3.63, 3.8) is 0 Å². The monoisotopic (exact) mass is 249 g/mol. The maximum atomic E-state index is 12.2. The molecule has 0 aromatic carbocycles. The second-order valence-corrected chi connectivity index (χ2v) is 5.56. The van der Waals surface area contributed by atoms with E-state index in [2.05, 4.69) is 28.9 Å². The number of likely N-dealkylation sites (N-methyl/N-ethyl adjacent to an activating group) is 1. The summed E-state index contributed by atoms with van der Waals surface area (Å²) in [5, 5.41) is 0. The van der Waals surface area contributed by atoms with Crippen molar-refractivity contribution in [3.05, 3.63) is 23.0 Å². The van der Waals surface area contributed by atoms with Gasteiger partial charge in [0.2, 0.25) is 0 Å². The van der Waals surface area contributed by atoms with E-state index in [9.17, 15) is 4.79 Å². The van der Waals surface area contributed by atoms with Gasteiger partial charge in [0.15, 0.2) is 5.78 Å². The molecule has 1 saturated heterocycles. The molecule has 2 heterocycles. The maximum absolute atomic E-state index is 12.2. The molecule has 4 nitrogen and oxygen atoms in total. The van der Waals surface area contributed by atoms with E-state index in [0.717, 1.165) is 36.5 Å². The van der Waals surface area contributed by atoms with Gasteiger partial charge in [0.1, 0.15) is 0 Å². The van der Waals surface area contributed by atoms with Crippen LogP contribution >= 0.6 is 0 Å². The van der Waals surface area contributed by atoms with Crippen molar-refractivity contribution < 1.29 is 4.79 Å². The zero-order valence-electron chi connectivity index (χ0n) is 11.8. The molecule has 1 aliphatic heterocycles. The zero-order chi connectivity index (χ0) is 13.3. The van der Waals surface area contributed by atoms with Gasteiger partial charge in [-0.1, -0.05) is 0 Å². The van der Waals surface area contributed by atoms with Crippen LogP contribution in [-0.4, -0.2) is 60.3 Å². The van der Waals surface area contributed by atoms with Crippen molar-refractivity contribution in [3.8, 4) is 0 Å². The fraction of sp³-hybridized carbons (Fsp3) is 0.643. The molecule has 1 fully saturated rings. The average molecular weight is 249 g/mol. The number of carbonyl (C=O) groups is 1. The quantitative estimate of drug-likeness (QED) is 0.821. The molecule has 1 unspecified atom stereocenters. The fourth-order valence-corrected chi connectivity index (χ4v) is 2.68. The van der Waals surface area contributed by atoms with Gasteiger partial charge in [0.25, 0.3) is 0 Å². The Bertz CT molecular complexity index is 436. The Morgan fingerprint density at radius 1 is 1.50 bits per heavy atom. The molecule has 1 N–H and O–H groups in total. The van der Waals surface area contributed by atoms with Crippen molar-refractivity contribution in [2.24, 2.45) is 0 Å². The number of nitrogens with one attached hydrogen (secondary N) is 1. The van der Waals surface area contributed by atoms with E-state index in [4.69, 9.17) is 0 Å². The molecule has 1 aromatic heterocycles. The molecule has 1 atom stereocenters. The van der Waals surface area contributed by atoms with E-state index in [1.165, 1.54) is 0 Å². The number of likely N-dealkylation sites (tertiary alicyclic amines) is 1. The van der Waals surface area contributed by atoms with Crippen LogP contribution in [0.25, 0.3) is 0 Å². The summed E-state index contributed by atoms with van der Waals surface area (Å²) in [7, 11) is 4.21. The minimum absolute atomic E-state index is 0.233. The van der Waals surface area contributed by atoms with E-state index in [1.54, 1.807) is 0 Å². The van der Waals surface area contributed by atoms with Crippen LogP contribution in [0.4, 0.5) is 0 Å². The van der Waals surface area contributed by atoms with E-state index in [1.807, 2.05) is 19.9 Å². The first-order valence-corrected chi connectivity index (χ1v) is 6.55. The molecule has 0 amide bonds. The smallest absolute Gasteiger partial charge is 0.178 e. The Kier molecular flexibility index (Phi) is 3.88. The van der Waals surface area contributed by atoms with E-state index in [0.29, 0.717) is 12.6 Å². The number of ketones is 1. The molecular weight excluding hydrogens is 226 g/mol. The van der Waals surface area contributed by atoms with Gasteiger partial charge in [-0.2, -0.15) is 0 Å². The number of nitrogens with zero attached hydrogens (tertiary/aromatic N) is 2. The number of H-pyrrole nitrogens is 1. The fourth-order valence-electron chi connectivity index (χ4n) is 2.68. The normalized spacial score (nSPS) is 20.8. The Hall–Kier alpha value is -1.13. The third-order valence-corrected chi connectivity index (χ3v) is 3.79. The molecule has 1 aliphatic rings. The number of aryl methyl sites for hydroxylation is 2. The highest BCUT2D eigenvalue weighted by Crippen LogP contribution is 2.15. The number of rotatable bonds is 4. The summed E-state index contributed by atoms with van der Waals surface area (Å²) in [6.45, 7) is 6.52. The predicted octanol–water partition coefficient (Wildman–Crippen LogP) is 1.45. The van der Waals surface area contributed by atoms with Gasteiger partial charge in [-0.25, -0.2) is 0 Å². The summed E-state index contributed by atoms with van der Waals surface area (Å²) in [6, 6.07) is 2.55. The lowest BCUT2D eigenvalue weighted by atomic mass is 10.1. The van der Waals surface area contributed by atoms with Crippen LogP contribution in [0.5, 0.6) is 0 Å². The van der Waals surface area contributed by atoms with Crippen molar-refractivity contribution in [1.82, 2.24) is 14.8 Å². The van der Waals surface area contributed by atoms with Gasteiger partial charge in [0.05, 0.1) is 6.54 Å².